The van der Waals surface area contributed by atoms with Gasteiger partial charge >= 0.3 is 5.91 Å². The zero-order chi connectivity index (χ0) is 32.2. The van der Waals surface area contributed by atoms with E-state index in [1.54, 1.807) is 48.5 Å². The number of aryl methyl sites for hydroxylation is 1. The third kappa shape index (κ3) is 6.50. The van der Waals surface area contributed by atoms with E-state index in [-0.39, 0.29) is 16.5 Å². The number of Topliss-reactive ketones (excluding diaryl/α,β-unsaturated/α-hetero) is 1. The smallest absolute Gasteiger partial charge is 0.301 e. The molecule has 1 aliphatic heterocycles. The number of aromatic nitrogens is 2. The largest absolute Gasteiger partial charge is 0.507 e. The maximum atomic E-state index is 13.6. The van der Waals surface area contributed by atoms with Gasteiger partial charge in [0, 0.05) is 16.3 Å². The van der Waals surface area contributed by atoms with Crippen LogP contribution in [0.15, 0.2) is 107 Å². The summed E-state index contributed by atoms with van der Waals surface area (Å²) in [5, 5.41) is 21.0. The SMILES string of the molecule is COc1cccc(C2C(=C(O)c3ccc(OCc4ccccc4C)cc3)C(=O)C(=O)N2c2nnc(SCc3ccccc3Cl)s2)c1. The molecule has 0 saturated carbocycles. The summed E-state index contributed by atoms with van der Waals surface area (Å²) < 4.78 is 12.0. The molecule has 4 aromatic carbocycles. The summed E-state index contributed by atoms with van der Waals surface area (Å²) in [6.45, 7) is 2.41. The Labute approximate surface area is 279 Å². The molecule has 1 amide bonds. The topological polar surface area (TPSA) is 102 Å². The number of amides is 1. The summed E-state index contributed by atoms with van der Waals surface area (Å²) in [6.07, 6.45) is 0. The molecule has 1 aliphatic rings. The number of carbonyl (C=O) groups is 2. The predicted octanol–water partition coefficient (Wildman–Crippen LogP) is 8.01. The monoisotopic (exact) mass is 669 g/mol. The van der Waals surface area contributed by atoms with Crippen LogP contribution in [0.25, 0.3) is 5.76 Å². The van der Waals surface area contributed by atoms with Gasteiger partial charge in [0.25, 0.3) is 5.78 Å². The highest BCUT2D eigenvalue weighted by molar-refractivity contribution is 8.00. The van der Waals surface area contributed by atoms with Gasteiger partial charge < -0.3 is 14.6 Å². The second-order valence-electron chi connectivity index (χ2n) is 10.4. The highest BCUT2D eigenvalue weighted by Crippen LogP contribution is 2.44. The predicted molar refractivity (Wildman–Crippen MR) is 181 cm³/mol. The van der Waals surface area contributed by atoms with E-state index in [9.17, 15) is 14.7 Å². The minimum atomic E-state index is -0.971. The highest BCUT2D eigenvalue weighted by atomic mass is 35.5. The normalized spacial score (nSPS) is 15.7. The first-order valence-corrected chi connectivity index (χ1v) is 16.4. The van der Waals surface area contributed by atoms with Gasteiger partial charge in [0.05, 0.1) is 18.7 Å². The number of hydrogen-bond donors (Lipinski definition) is 1. The molecule has 1 saturated heterocycles. The number of carbonyl (C=O) groups excluding carboxylic acids is 2. The molecule has 1 fully saturated rings. The first-order chi connectivity index (χ1) is 22.3. The summed E-state index contributed by atoms with van der Waals surface area (Å²) in [5.74, 6) is -0.266. The summed E-state index contributed by atoms with van der Waals surface area (Å²) >= 11 is 8.92. The number of nitrogens with zero attached hydrogens (tertiary/aromatic N) is 3. The van der Waals surface area contributed by atoms with Gasteiger partial charge in [0.15, 0.2) is 4.34 Å². The van der Waals surface area contributed by atoms with Crippen LogP contribution in [-0.2, 0) is 21.9 Å². The Hall–Kier alpha value is -4.64. The average molecular weight is 670 g/mol. The molecule has 8 nitrogen and oxygen atoms in total. The maximum absolute atomic E-state index is 13.6. The minimum Gasteiger partial charge on any atom is -0.507 e. The Kier molecular flexibility index (Phi) is 9.39. The summed E-state index contributed by atoms with van der Waals surface area (Å²) in [7, 11) is 1.53. The molecule has 0 spiro atoms. The van der Waals surface area contributed by atoms with E-state index in [0.717, 1.165) is 16.7 Å². The molecule has 11 heteroatoms. The fraction of sp³-hybridized carbons (Fsp3) is 0.143. The number of halogens is 1. The summed E-state index contributed by atoms with van der Waals surface area (Å²) in [5.41, 5.74) is 4.00. The van der Waals surface area contributed by atoms with E-state index >= 15 is 0 Å². The fourth-order valence-corrected chi connectivity index (χ4v) is 7.22. The Morgan fingerprint density at radius 3 is 2.41 bits per heavy atom. The van der Waals surface area contributed by atoms with Gasteiger partial charge in [-0.15, -0.1) is 10.2 Å². The number of aliphatic hydroxyl groups excluding tert-OH is 1. The number of methoxy groups -OCH3 is 1. The third-order valence-corrected chi connectivity index (χ3v) is 10.0. The number of benzene rings is 4. The molecule has 1 atom stereocenters. The first kappa shape index (κ1) is 31.3. The summed E-state index contributed by atoms with van der Waals surface area (Å²) in [6, 6.07) is 28.3. The van der Waals surface area contributed by atoms with Gasteiger partial charge in [-0.25, -0.2) is 0 Å². The zero-order valence-corrected chi connectivity index (χ0v) is 27.2. The average Bonchev–Trinajstić information content (AvgIpc) is 3.65. The van der Waals surface area contributed by atoms with Crippen LogP contribution in [0.3, 0.4) is 0 Å². The Morgan fingerprint density at radius 2 is 1.67 bits per heavy atom. The van der Waals surface area contributed by atoms with E-state index in [1.807, 2.05) is 55.5 Å². The van der Waals surface area contributed by atoms with Gasteiger partial charge in [-0.1, -0.05) is 89.3 Å². The molecule has 0 bridgehead atoms. The first-order valence-electron chi connectivity index (χ1n) is 14.3. The number of ether oxygens (including phenoxy) is 2. The lowest BCUT2D eigenvalue weighted by atomic mass is 9.95. The van der Waals surface area contributed by atoms with Crippen LogP contribution in [0, 0.1) is 6.92 Å². The van der Waals surface area contributed by atoms with Crippen molar-refractivity contribution in [1.82, 2.24) is 10.2 Å². The number of thioether (sulfide) groups is 1. The molecule has 232 valence electrons. The van der Waals surface area contributed by atoms with Gasteiger partial charge in [0.1, 0.15) is 23.9 Å². The van der Waals surface area contributed by atoms with Crippen molar-refractivity contribution >= 4 is 57.3 Å². The van der Waals surface area contributed by atoms with Crippen molar-refractivity contribution in [3.63, 3.8) is 0 Å². The molecular formula is C35H28ClN3O5S2. The minimum absolute atomic E-state index is 0.0627. The van der Waals surface area contributed by atoms with Crippen LogP contribution in [0.5, 0.6) is 11.5 Å². The standard InChI is InChI=1S/C35H28ClN3O5S2/c1-21-8-3-4-9-24(21)19-44-26-16-14-22(15-17-26)31(40)29-30(23-11-7-12-27(18-23)43-2)39(33(42)32(29)41)34-37-38-35(46-34)45-20-25-10-5-6-13-28(25)36/h3-18,30,40H,19-20H2,1-2H3. The lowest BCUT2D eigenvalue weighted by Gasteiger charge is -2.23. The molecule has 2 heterocycles. The molecular weight excluding hydrogens is 642 g/mol. The molecule has 46 heavy (non-hydrogen) atoms. The second-order valence-corrected chi connectivity index (χ2v) is 13.0. The van der Waals surface area contributed by atoms with E-state index in [0.29, 0.717) is 44.3 Å². The molecule has 1 N–H and O–H groups in total. The number of rotatable bonds is 10. The van der Waals surface area contributed by atoms with Crippen LogP contribution in [0.4, 0.5) is 5.13 Å². The molecule has 5 aromatic rings. The fourth-order valence-electron chi connectivity index (χ4n) is 5.07. The van der Waals surface area contributed by atoms with Crippen LogP contribution in [-0.4, -0.2) is 34.1 Å². The Balaban J connectivity index is 1.32. The maximum Gasteiger partial charge on any atom is 0.301 e. The lowest BCUT2D eigenvalue weighted by Crippen LogP contribution is -2.29. The van der Waals surface area contributed by atoms with Gasteiger partial charge in [0.2, 0.25) is 5.13 Å². The number of hydrogen-bond acceptors (Lipinski definition) is 9. The Morgan fingerprint density at radius 1 is 0.935 bits per heavy atom. The summed E-state index contributed by atoms with van der Waals surface area (Å²) in [4.78, 5) is 28.5. The van der Waals surface area contributed by atoms with Crippen LogP contribution >= 0.6 is 34.7 Å². The number of ketones is 1. The van der Waals surface area contributed by atoms with Gasteiger partial charge in [-0.3, -0.25) is 14.5 Å². The Bertz CT molecular complexity index is 1940. The van der Waals surface area contributed by atoms with E-state index < -0.39 is 17.7 Å². The van der Waals surface area contributed by atoms with Crippen molar-refractivity contribution in [3.8, 4) is 11.5 Å². The molecule has 6 rings (SSSR count). The van der Waals surface area contributed by atoms with Crippen molar-refractivity contribution in [3.05, 3.63) is 135 Å². The molecule has 1 unspecified atom stereocenters. The van der Waals surface area contributed by atoms with E-state index in [2.05, 4.69) is 10.2 Å². The number of anilines is 1. The van der Waals surface area contributed by atoms with Crippen molar-refractivity contribution in [1.29, 1.82) is 0 Å². The van der Waals surface area contributed by atoms with Crippen molar-refractivity contribution in [2.75, 3.05) is 12.0 Å². The van der Waals surface area contributed by atoms with E-state index in [1.165, 1.54) is 35.1 Å². The highest BCUT2D eigenvalue weighted by Gasteiger charge is 2.48. The van der Waals surface area contributed by atoms with Gasteiger partial charge in [-0.2, -0.15) is 0 Å². The third-order valence-electron chi connectivity index (χ3n) is 7.55. The van der Waals surface area contributed by atoms with Crippen molar-refractivity contribution < 1.29 is 24.2 Å². The van der Waals surface area contributed by atoms with Crippen molar-refractivity contribution in [2.45, 2.75) is 29.7 Å². The van der Waals surface area contributed by atoms with E-state index in [4.69, 9.17) is 21.1 Å². The van der Waals surface area contributed by atoms with Crippen LogP contribution in [0.1, 0.15) is 33.9 Å². The molecule has 0 aliphatic carbocycles. The lowest BCUT2D eigenvalue weighted by molar-refractivity contribution is -0.132. The van der Waals surface area contributed by atoms with Crippen molar-refractivity contribution in [2.24, 2.45) is 0 Å². The number of aliphatic hydroxyl groups is 1. The molecule has 1 aromatic heterocycles. The zero-order valence-electron chi connectivity index (χ0n) is 24.8. The van der Waals surface area contributed by atoms with Gasteiger partial charge in [-0.05, 0) is 71.6 Å². The quantitative estimate of drug-likeness (QED) is 0.0525. The second kappa shape index (κ2) is 13.8. The van der Waals surface area contributed by atoms with Crippen LogP contribution in [0.2, 0.25) is 5.02 Å². The molecule has 0 radical (unpaired) electrons. The van der Waals surface area contributed by atoms with Crippen LogP contribution < -0.4 is 14.4 Å².